The van der Waals surface area contributed by atoms with Gasteiger partial charge in [0.15, 0.2) is 0 Å². The van der Waals surface area contributed by atoms with Gasteiger partial charge in [-0.3, -0.25) is 4.98 Å². The monoisotopic (exact) mass is 253 g/mol. The molecule has 3 N–H and O–H groups in total. The molecular weight excluding hydrogens is 238 g/mol. The van der Waals surface area contributed by atoms with E-state index in [2.05, 4.69) is 15.3 Å². The lowest BCUT2D eigenvalue weighted by atomic mass is 10.1. The predicted molar refractivity (Wildman–Crippen MR) is 76.7 cm³/mol. The molecule has 0 radical (unpaired) electrons. The normalized spacial score (nSPS) is 10.8. The minimum atomic E-state index is 0.652. The molecule has 3 aromatic rings. The van der Waals surface area contributed by atoms with Crippen LogP contribution in [0.2, 0.25) is 0 Å². The summed E-state index contributed by atoms with van der Waals surface area (Å²) < 4.78 is 1.99. The van der Waals surface area contributed by atoms with E-state index in [-0.39, 0.29) is 0 Å². The highest BCUT2D eigenvalue weighted by Gasteiger charge is 2.05. The molecule has 0 aliphatic rings. The van der Waals surface area contributed by atoms with E-state index < -0.39 is 0 Å². The zero-order valence-corrected chi connectivity index (χ0v) is 10.7. The number of anilines is 2. The highest BCUT2D eigenvalue weighted by Crippen LogP contribution is 2.26. The van der Waals surface area contributed by atoms with Gasteiger partial charge < -0.3 is 15.6 Å². The zero-order valence-electron chi connectivity index (χ0n) is 10.7. The molecule has 19 heavy (non-hydrogen) atoms. The lowest BCUT2D eigenvalue weighted by molar-refractivity contribution is 0.813. The molecule has 0 bridgehead atoms. The number of fused-ring (bicyclic) bond motifs is 1. The quantitative estimate of drug-likeness (QED) is 0.702. The van der Waals surface area contributed by atoms with Crippen LogP contribution in [0.5, 0.6) is 0 Å². The van der Waals surface area contributed by atoms with Crippen LogP contribution in [0, 0.1) is 0 Å². The van der Waals surface area contributed by atoms with Crippen LogP contribution in [0.1, 0.15) is 5.82 Å². The standard InChI is InChI=1S/C14H15N5/c1-19-8-7-16-13(19)9-18-12-5-4-11(15)10-3-2-6-17-14(10)12/h2-8,18H,9,15H2,1H3. The minimum absolute atomic E-state index is 0.652. The van der Waals surface area contributed by atoms with Crippen LogP contribution in [0.4, 0.5) is 11.4 Å². The SMILES string of the molecule is Cn1ccnc1CNc1ccc(N)c2cccnc12. The molecule has 5 nitrogen and oxygen atoms in total. The molecule has 0 atom stereocenters. The van der Waals surface area contributed by atoms with Crippen molar-refractivity contribution in [2.24, 2.45) is 7.05 Å². The second kappa shape index (κ2) is 4.61. The number of nitrogens with zero attached hydrogens (tertiary/aromatic N) is 3. The van der Waals surface area contributed by atoms with Crippen molar-refractivity contribution in [2.75, 3.05) is 11.1 Å². The maximum atomic E-state index is 5.96. The van der Waals surface area contributed by atoms with Crippen molar-refractivity contribution in [2.45, 2.75) is 6.54 Å². The lowest BCUT2D eigenvalue weighted by Gasteiger charge is -2.10. The molecule has 1 aromatic carbocycles. The summed E-state index contributed by atoms with van der Waals surface area (Å²) in [6, 6.07) is 7.71. The van der Waals surface area contributed by atoms with Gasteiger partial charge in [0.05, 0.1) is 17.7 Å². The van der Waals surface area contributed by atoms with E-state index in [1.807, 2.05) is 42.1 Å². The van der Waals surface area contributed by atoms with Crippen LogP contribution >= 0.6 is 0 Å². The van der Waals surface area contributed by atoms with E-state index in [1.165, 1.54) is 0 Å². The van der Waals surface area contributed by atoms with E-state index in [9.17, 15) is 0 Å². The molecule has 0 spiro atoms. The second-order valence-electron chi connectivity index (χ2n) is 4.41. The molecule has 0 fully saturated rings. The Bertz CT molecular complexity index is 717. The van der Waals surface area contributed by atoms with Crippen molar-refractivity contribution in [3.05, 3.63) is 48.7 Å². The Kier molecular flexibility index (Phi) is 2.79. The number of hydrogen-bond acceptors (Lipinski definition) is 4. The van der Waals surface area contributed by atoms with E-state index in [4.69, 9.17) is 5.73 Å². The summed E-state index contributed by atoms with van der Waals surface area (Å²) >= 11 is 0. The first-order chi connectivity index (χ1) is 9.25. The first-order valence-corrected chi connectivity index (χ1v) is 6.09. The number of rotatable bonds is 3. The van der Waals surface area contributed by atoms with Gasteiger partial charge in [0, 0.05) is 36.7 Å². The molecule has 2 aromatic heterocycles. The second-order valence-corrected chi connectivity index (χ2v) is 4.41. The Morgan fingerprint density at radius 1 is 1.21 bits per heavy atom. The van der Waals surface area contributed by atoms with Gasteiger partial charge in [0.2, 0.25) is 0 Å². The third-order valence-corrected chi connectivity index (χ3v) is 3.16. The number of pyridine rings is 1. The molecule has 0 unspecified atom stereocenters. The molecule has 3 rings (SSSR count). The van der Waals surface area contributed by atoms with Crippen LogP contribution in [-0.2, 0) is 13.6 Å². The average molecular weight is 253 g/mol. The Balaban J connectivity index is 1.93. The van der Waals surface area contributed by atoms with Crippen LogP contribution in [0.25, 0.3) is 10.9 Å². The summed E-state index contributed by atoms with van der Waals surface area (Å²) in [7, 11) is 1.98. The summed E-state index contributed by atoms with van der Waals surface area (Å²) in [6.45, 7) is 0.652. The number of hydrogen-bond donors (Lipinski definition) is 2. The Labute approximate surface area is 111 Å². The van der Waals surface area contributed by atoms with Crippen LogP contribution in [0.15, 0.2) is 42.9 Å². The number of nitrogens with one attached hydrogen (secondary N) is 1. The Morgan fingerprint density at radius 2 is 2.11 bits per heavy atom. The molecule has 0 saturated heterocycles. The summed E-state index contributed by atoms with van der Waals surface area (Å²) in [5.74, 6) is 0.973. The summed E-state index contributed by atoms with van der Waals surface area (Å²) in [5, 5.41) is 4.32. The van der Waals surface area contributed by atoms with Crippen LogP contribution in [0.3, 0.4) is 0 Å². The number of aryl methyl sites for hydroxylation is 1. The van der Waals surface area contributed by atoms with E-state index >= 15 is 0 Å². The summed E-state index contributed by atoms with van der Waals surface area (Å²) in [6.07, 6.45) is 5.49. The Hall–Kier alpha value is -2.56. The molecule has 5 heteroatoms. The number of nitrogen functional groups attached to an aromatic ring is 1. The Morgan fingerprint density at radius 3 is 2.89 bits per heavy atom. The summed E-state index contributed by atoms with van der Waals surface area (Å²) in [5.41, 5.74) is 8.55. The van der Waals surface area contributed by atoms with Gasteiger partial charge in [-0.15, -0.1) is 0 Å². The fraction of sp³-hybridized carbons (Fsp3) is 0.143. The van der Waals surface area contributed by atoms with Crippen molar-refractivity contribution >= 4 is 22.3 Å². The van der Waals surface area contributed by atoms with Gasteiger partial charge in [-0.2, -0.15) is 0 Å². The van der Waals surface area contributed by atoms with Crippen LogP contribution in [-0.4, -0.2) is 14.5 Å². The third-order valence-electron chi connectivity index (χ3n) is 3.16. The third kappa shape index (κ3) is 2.10. The molecular formula is C14H15N5. The fourth-order valence-corrected chi connectivity index (χ4v) is 2.08. The number of aromatic nitrogens is 3. The fourth-order valence-electron chi connectivity index (χ4n) is 2.08. The molecule has 2 heterocycles. The first kappa shape index (κ1) is 11.5. The number of imidazole rings is 1. The largest absolute Gasteiger partial charge is 0.398 e. The van der Waals surface area contributed by atoms with Gasteiger partial charge in [0.1, 0.15) is 5.82 Å². The predicted octanol–water partition coefficient (Wildman–Crippen LogP) is 2.16. The molecule has 0 saturated carbocycles. The maximum absolute atomic E-state index is 5.96. The summed E-state index contributed by atoms with van der Waals surface area (Å²) in [4.78, 5) is 8.68. The molecule has 0 aliphatic heterocycles. The van der Waals surface area contributed by atoms with E-state index in [1.54, 1.807) is 12.4 Å². The average Bonchev–Trinajstić information content (AvgIpc) is 2.84. The van der Waals surface area contributed by atoms with E-state index in [0.29, 0.717) is 6.54 Å². The first-order valence-electron chi connectivity index (χ1n) is 6.09. The molecule has 0 aliphatic carbocycles. The van der Waals surface area contributed by atoms with Crippen molar-refractivity contribution in [1.29, 1.82) is 0 Å². The highest BCUT2D eigenvalue weighted by molar-refractivity contribution is 5.98. The van der Waals surface area contributed by atoms with E-state index in [0.717, 1.165) is 28.1 Å². The lowest BCUT2D eigenvalue weighted by Crippen LogP contribution is -2.06. The topological polar surface area (TPSA) is 68.8 Å². The van der Waals surface area contributed by atoms with Crippen molar-refractivity contribution < 1.29 is 0 Å². The minimum Gasteiger partial charge on any atom is -0.398 e. The van der Waals surface area contributed by atoms with Crippen molar-refractivity contribution in [1.82, 2.24) is 14.5 Å². The van der Waals surface area contributed by atoms with Gasteiger partial charge in [0.25, 0.3) is 0 Å². The van der Waals surface area contributed by atoms with Crippen LogP contribution < -0.4 is 11.1 Å². The van der Waals surface area contributed by atoms with Crippen molar-refractivity contribution in [3.63, 3.8) is 0 Å². The van der Waals surface area contributed by atoms with Crippen molar-refractivity contribution in [3.8, 4) is 0 Å². The van der Waals surface area contributed by atoms with Gasteiger partial charge in [-0.05, 0) is 24.3 Å². The smallest absolute Gasteiger partial charge is 0.127 e. The number of benzene rings is 1. The highest BCUT2D eigenvalue weighted by atomic mass is 15.1. The zero-order chi connectivity index (χ0) is 13.2. The van der Waals surface area contributed by atoms with Gasteiger partial charge >= 0.3 is 0 Å². The van der Waals surface area contributed by atoms with Gasteiger partial charge in [-0.25, -0.2) is 4.98 Å². The maximum Gasteiger partial charge on any atom is 0.127 e. The number of nitrogens with two attached hydrogens (primary N) is 1. The van der Waals surface area contributed by atoms with Gasteiger partial charge in [-0.1, -0.05) is 0 Å². The molecule has 96 valence electrons. The molecule has 0 amide bonds.